The summed E-state index contributed by atoms with van der Waals surface area (Å²) < 4.78 is 14.8. The van der Waals surface area contributed by atoms with Crippen molar-refractivity contribution in [2.45, 2.75) is 19.9 Å². The van der Waals surface area contributed by atoms with E-state index in [0.29, 0.717) is 11.5 Å². The number of aromatic amines is 1. The van der Waals surface area contributed by atoms with Crippen LogP contribution in [0.1, 0.15) is 25.5 Å². The van der Waals surface area contributed by atoms with Gasteiger partial charge in [-0.2, -0.15) is 0 Å². The molecule has 0 saturated heterocycles. The van der Waals surface area contributed by atoms with Crippen molar-refractivity contribution in [2.24, 2.45) is 10.7 Å². The van der Waals surface area contributed by atoms with E-state index in [1.807, 2.05) is 18.4 Å². The van der Waals surface area contributed by atoms with Gasteiger partial charge in [-0.05, 0) is 25.0 Å². The Morgan fingerprint density at radius 1 is 1.50 bits per heavy atom. The van der Waals surface area contributed by atoms with E-state index in [1.54, 1.807) is 6.33 Å². The second-order valence-corrected chi connectivity index (χ2v) is 4.07. The Morgan fingerprint density at radius 2 is 2.28 bits per heavy atom. The minimum Gasteiger partial charge on any atom is -0.373 e. The molecular weight excluding hydrogens is 235 g/mol. The molecule has 7 heteroatoms. The quantitative estimate of drug-likeness (QED) is 0.480. The Labute approximate surface area is 103 Å². The largest absolute Gasteiger partial charge is 0.381 e. The summed E-state index contributed by atoms with van der Waals surface area (Å²) in [5.41, 5.74) is 6.24. The Morgan fingerprint density at radius 3 is 2.94 bits per heavy atom. The minimum absolute atomic E-state index is 0.181. The lowest BCUT2D eigenvalue weighted by atomic mass is 10.2. The summed E-state index contributed by atoms with van der Waals surface area (Å²) in [6.07, 6.45) is 4.19. The van der Waals surface area contributed by atoms with Crippen LogP contribution in [0.25, 0.3) is 0 Å². The first-order chi connectivity index (χ1) is 8.58. The van der Waals surface area contributed by atoms with Gasteiger partial charge in [-0.25, -0.2) is 8.96 Å². The average Bonchev–Trinajstić information content (AvgIpc) is 2.77. The summed E-state index contributed by atoms with van der Waals surface area (Å²) >= 11 is 0. The van der Waals surface area contributed by atoms with Crippen LogP contribution in [0.4, 0.5) is 10.3 Å². The van der Waals surface area contributed by atoms with E-state index in [0.717, 1.165) is 6.20 Å². The summed E-state index contributed by atoms with van der Waals surface area (Å²) in [7, 11) is 0. The number of aliphatic imine (C=N–C) groups is 1. The van der Waals surface area contributed by atoms with Gasteiger partial charge in [0.2, 0.25) is 6.33 Å². The topological polar surface area (TPSA) is 83.8 Å². The lowest BCUT2D eigenvalue weighted by Crippen LogP contribution is -2.34. The van der Waals surface area contributed by atoms with Crippen molar-refractivity contribution in [3.8, 4) is 0 Å². The second-order valence-electron chi connectivity index (χ2n) is 4.07. The van der Waals surface area contributed by atoms with E-state index in [9.17, 15) is 4.39 Å². The van der Waals surface area contributed by atoms with Crippen LogP contribution in [-0.4, -0.2) is 21.0 Å². The van der Waals surface area contributed by atoms with Gasteiger partial charge in [-0.3, -0.25) is 4.98 Å². The zero-order valence-electron chi connectivity index (χ0n) is 10.1. The van der Waals surface area contributed by atoms with E-state index >= 15 is 0 Å². The highest BCUT2D eigenvalue weighted by atomic mass is 19.1. The highest BCUT2D eigenvalue weighted by molar-refractivity contribution is 5.98. The molecule has 0 bridgehead atoms. The molecule has 2 aromatic rings. The van der Waals surface area contributed by atoms with Crippen LogP contribution in [0.5, 0.6) is 0 Å². The molecule has 0 fully saturated rings. The maximum Gasteiger partial charge on any atom is 0.381 e. The first kappa shape index (κ1) is 12.2. The zero-order valence-corrected chi connectivity index (χ0v) is 10.1. The van der Waals surface area contributed by atoms with Crippen molar-refractivity contribution in [3.63, 3.8) is 0 Å². The molecule has 0 unspecified atom stereocenters. The summed E-state index contributed by atoms with van der Waals surface area (Å²) in [4.78, 5) is 7.91. The summed E-state index contributed by atoms with van der Waals surface area (Å²) in [6.45, 7) is 3.99. The molecule has 0 saturated carbocycles. The predicted molar refractivity (Wildman–Crippen MR) is 63.7 cm³/mol. The fourth-order valence-electron chi connectivity index (χ4n) is 1.45. The minimum atomic E-state index is -0.452. The summed E-state index contributed by atoms with van der Waals surface area (Å²) in [5, 5.41) is 6.63. The number of nitrogens with zero attached hydrogens (tertiary/aromatic N) is 4. The summed E-state index contributed by atoms with van der Waals surface area (Å²) in [5.74, 6) is 0.236. The van der Waals surface area contributed by atoms with Gasteiger partial charge in [0.1, 0.15) is 5.82 Å². The number of aromatic nitrogens is 4. The van der Waals surface area contributed by atoms with Crippen LogP contribution in [0.3, 0.4) is 0 Å². The fraction of sp³-hybridized carbons (Fsp3) is 0.273. The maximum absolute atomic E-state index is 13.0. The van der Waals surface area contributed by atoms with Gasteiger partial charge in [-0.1, -0.05) is 4.99 Å². The number of H-pyrrole nitrogens is 1. The van der Waals surface area contributed by atoms with Crippen molar-refractivity contribution < 1.29 is 8.96 Å². The summed E-state index contributed by atoms with van der Waals surface area (Å²) in [6, 6.07) is 1.47. The number of amidine groups is 1. The molecule has 94 valence electrons. The highest BCUT2D eigenvalue weighted by Crippen LogP contribution is 2.06. The van der Waals surface area contributed by atoms with Crippen LogP contribution in [0.15, 0.2) is 29.8 Å². The molecule has 0 aliphatic carbocycles. The number of hydrogen-bond donors (Lipinski definition) is 2. The molecule has 0 aromatic carbocycles. The molecule has 2 heterocycles. The molecule has 6 nitrogen and oxygen atoms in total. The van der Waals surface area contributed by atoms with Gasteiger partial charge in [0, 0.05) is 6.20 Å². The zero-order chi connectivity index (χ0) is 13.1. The Hall–Kier alpha value is -2.31. The third-order valence-electron chi connectivity index (χ3n) is 2.37. The number of hydrogen-bond acceptors (Lipinski definition) is 3. The van der Waals surface area contributed by atoms with Crippen LogP contribution in [0, 0.1) is 5.82 Å². The number of halogens is 1. The van der Waals surface area contributed by atoms with Gasteiger partial charge in [0.15, 0.2) is 5.84 Å². The first-order valence-corrected chi connectivity index (χ1v) is 5.47. The van der Waals surface area contributed by atoms with Crippen molar-refractivity contribution in [1.29, 1.82) is 0 Å². The van der Waals surface area contributed by atoms with Crippen LogP contribution >= 0.6 is 0 Å². The van der Waals surface area contributed by atoms with Gasteiger partial charge in [0.05, 0.1) is 17.8 Å². The molecule has 18 heavy (non-hydrogen) atoms. The standard InChI is InChI=1S/C11H13FN6/c1-7(2)18-6-15-17-11(18)16-10(13)8-3-9(12)5-14-4-8/h3-7H,1-2H3,(H2,13,16,17)/p+1. The van der Waals surface area contributed by atoms with Gasteiger partial charge >= 0.3 is 5.95 Å². The Bertz CT molecular complexity index is 574. The highest BCUT2D eigenvalue weighted by Gasteiger charge is 2.14. The Balaban J connectivity index is 2.36. The molecule has 2 rings (SSSR count). The molecule has 0 atom stereocenters. The van der Waals surface area contributed by atoms with Crippen LogP contribution in [0.2, 0.25) is 0 Å². The van der Waals surface area contributed by atoms with E-state index in [1.165, 1.54) is 12.3 Å². The number of rotatable bonds is 3. The van der Waals surface area contributed by atoms with E-state index in [2.05, 4.69) is 20.2 Å². The molecular formula is C11H14FN6+. The number of nitrogens with two attached hydrogens (primary N) is 1. The third-order valence-corrected chi connectivity index (χ3v) is 2.37. The van der Waals surface area contributed by atoms with E-state index in [4.69, 9.17) is 5.73 Å². The fourth-order valence-corrected chi connectivity index (χ4v) is 1.45. The smallest absolute Gasteiger partial charge is 0.373 e. The lowest BCUT2D eigenvalue weighted by molar-refractivity contribution is -0.703. The van der Waals surface area contributed by atoms with Gasteiger partial charge < -0.3 is 5.73 Å². The van der Waals surface area contributed by atoms with Crippen LogP contribution < -0.4 is 10.3 Å². The SMILES string of the molecule is CC(C)[n+]1cn[nH]c1/N=C(\N)c1cncc(F)c1. The normalized spacial score (nSPS) is 12.1. The van der Waals surface area contributed by atoms with Gasteiger partial charge in [-0.15, -0.1) is 5.10 Å². The van der Waals surface area contributed by atoms with Crippen molar-refractivity contribution in [3.05, 3.63) is 36.2 Å². The number of pyridine rings is 1. The van der Waals surface area contributed by atoms with E-state index in [-0.39, 0.29) is 11.9 Å². The first-order valence-electron chi connectivity index (χ1n) is 5.47. The third kappa shape index (κ3) is 2.50. The van der Waals surface area contributed by atoms with Gasteiger partial charge in [0.25, 0.3) is 0 Å². The number of nitrogens with one attached hydrogen (secondary N) is 1. The van der Waals surface area contributed by atoms with Crippen molar-refractivity contribution >= 4 is 11.8 Å². The molecule has 0 aliphatic rings. The Kier molecular flexibility index (Phi) is 3.31. The molecule has 3 N–H and O–H groups in total. The van der Waals surface area contributed by atoms with Crippen molar-refractivity contribution in [2.75, 3.05) is 0 Å². The van der Waals surface area contributed by atoms with E-state index < -0.39 is 5.82 Å². The maximum atomic E-state index is 13.0. The molecule has 0 amide bonds. The molecule has 0 spiro atoms. The lowest BCUT2D eigenvalue weighted by Gasteiger charge is -2.01. The predicted octanol–water partition coefficient (Wildman–Crippen LogP) is 0.849. The monoisotopic (exact) mass is 249 g/mol. The van der Waals surface area contributed by atoms with Crippen LogP contribution in [-0.2, 0) is 0 Å². The average molecular weight is 249 g/mol. The molecule has 0 radical (unpaired) electrons. The molecule has 2 aromatic heterocycles. The second kappa shape index (κ2) is 4.91. The molecule has 0 aliphatic heterocycles. The van der Waals surface area contributed by atoms with Crippen molar-refractivity contribution in [1.82, 2.24) is 15.2 Å².